The van der Waals surface area contributed by atoms with E-state index in [0.29, 0.717) is 12.8 Å². The summed E-state index contributed by atoms with van der Waals surface area (Å²) >= 11 is 1.25. The van der Waals surface area contributed by atoms with Gasteiger partial charge in [0.05, 0.1) is 0 Å². The molecule has 1 aliphatic rings. The number of halogens is 2. The molecule has 1 amide bonds. The molecule has 0 fully saturated rings. The van der Waals surface area contributed by atoms with Crippen LogP contribution in [0, 0.1) is 24.5 Å². The van der Waals surface area contributed by atoms with Crippen LogP contribution >= 0.6 is 11.8 Å². The van der Waals surface area contributed by atoms with E-state index in [1.165, 1.54) is 23.7 Å². The Balaban J connectivity index is 2.24. The fraction of sp³-hybridized carbons (Fsp3) is 0.364. The second-order valence-electron chi connectivity index (χ2n) is 7.09. The summed E-state index contributed by atoms with van der Waals surface area (Å²) in [6, 6.07) is 10.9. The molecular weight excluding hydrogens is 394 g/mol. The van der Waals surface area contributed by atoms with Crippen LogP contribution in [0.3, 0.4) is 0 Å². The van der Waals surface area contributed by atoms with Crippen molar-refractivity contribution in [1.29, 1.82) is 0 Å². The average Bonchev–Trinajstić information content (AvgIpc) is 3.09. The van der Waals surface area contributed by atoms with E-state index in [4.69, 9.17) is 0 Å². The largest absolute Gasteiger partial charge is 0.396 e. The van der Waals surface area contributed by atoms with Gasteiger partial charge in [-0.2, -0.15) is 5.10 Å². The molecule has 0 saturated heterocycles. The third kappa shape index (κ3) is 3.81. The zero-order valence-corrected chi connectivity index (χ0v) is 17.5. The molecule has 4 nitrogen and oxygen atoms in total. The van der Waals surface area contributed by atoms with Gasteiger partial charge in [0.1, 0.15) is 21.5 Å². The molecule has 0 bridgehead atoms. The summed E-state index contributed by atoms with van der Waals surface area (Å²) in [7, 11) is 0. The fourth-order valence-corrected chi connectivity index (χ4v) is 5.63. The van der Waals surface area contributed by atoms with Gasteiger partial charge in [-0.3, -0.25) is 4.79 Å². The molecule has 0 saturated carbocycles. The van der Waals surface area contributed by atoms with E-state index in [-0.39, 0.29) is 29.0 Å². The molecule has 2 aromatic carbocycles. The van der Waals surface area contributed by atoms with Crippen molar-refractivity contribution < 1.29 is 18.7 Å². The molecular formula is C22H24F2N2O2S. The molecule has 1 aliphatic heterocycles. The van der Waals surface area contributed by atoms with Crippen LogP contribution in [0.1, 0.15) is 43.4 Å². The maximum atomic E-state index is 14.5. The van der Waals surface area contributed by atoms with Crippen LogP contribution in [-0.2, 0) is 9.67 Å². The Labute approximate surface area is 173 Å². The van der Waals surface area contributed by atoms with E-state index in [1.54, 1.807) is 0 Å². The second-order valence-corrected chi connectivity index (χ2v) is 8.30. The Bertz CT molecular complexity index is 950. The highest BCUT2D eigenvalue weighted by Gasteiger charge is 2.53. The first-order valence-electron chi connectivity index (χ1n) is 9.56. The van der Waals surface area contributed by atoms with Gasteiger partial charge in [-0.15, -0.1) is 0 Å². The predicted molar refractivity (Wildman–Crippen MR) is 111 cm³/mol. The number of thioether (sulfide) groups is 1. The number of carbonyl (C=O) groups excluding carboxylic acids is 1. The molecule has 0 radical (unpaired) electrons. The van der Waals surface area contributed by atoms with Crippen molar-refractivity contribution in [3.63, 3.8) is 0 Å². The van der Waals surface area contributed by atoms with Crippen LogP contribution in [0.5, 0.6) is 0 Å². The average molecular weight is 419 g/mol. The number of hydrogen-bond donors (Lipinski definition) is 1. The Morgan fingerprint density at radius 2 is 2.00 bits per heavy atom. The maximum absolute atomic E-state index is 14.5. The van der Waals surface area contributed by atoms with Crippen molar-refractivity contribution in [3.8, 4) is 0 Å². The number of benzene rings is 2. The molecule has 3 rings (SSSR count). The van der Waals surface area contributed by atoms with Crippen molar-refractivity contribution in [3.05, 3.63) is 70.8 Å². The lowest BCUT2D eigenvalue weighted by atomic mass is 9.85. The van der Waals surface area contributed by atoms with E-state index >= 15 is 0 Å². The van der Waals surface area contributed by atoms with Gasteiger partial charge >= 0.3 is 0 Å². The molecule has 2 atom stereocenters. The predicted octanol–water partition coefficient (Wildman–Crippen LogP) is 4.79. The number of carbonyl (C=O) groups is 1. The highest BCUT2D eigenvalue weighted by molar-refractivity contribution is 8.15. The number of aryl methyl sites for hydroxylation is 1. The van der Waals surface area contributed by atoms with Crippen LogP contribution in [0.15, 0.2) is 47.6 Å². The summed E-state index contributed by atoms with van der Waals surface area (Å²) in [6.45, 7) is 5.29. The Hall–Kier alpha value is -2.25. The number of hydrazone groups is 1. The summed E-state index contributed by atoms with van der Waals surface area (Å²) in [6.07, 6.45) is 1.11. The summed E-state index contributed by atoms with van der Waals surface area (Å²) in [5.74, 6) is -1.63. The SMILES string of the molecule is CCC(CCO)C1(c2ccccc2C)SC(c2cc(F)ccc2F)=NN1C(C)=O. The minimum Gasteiger partial charge on any atom is -0.396 e. The molecule has 0 spiro atoms. The summed E-state index contributed by atoms with van der Waals surface area (Å²) < 4.78 is 28.3. The van der Waals surface area contributed by atoms with Crippen molar-refractivity contribution in [2.24, 2.45) is 11.0 Å². The second kappa shape index (κ2) is 8.63. The normalized spacial score (nSPS) is 19.9. The number of rotatable bonds is 6. The third-order valence-corrected chi connectivity index (χ3v) is 6.80. The highest BCUT2D eigenvalue weighted by Crippen LogP contribution is 2.55. The fourth-order valence-electron chi connectivity index (χ4n) is 3.90. The van der Waals surface area contributed by atoms with Crippen LogP contribution in [0.2, 0.25) is 0 Å². The Kier molecular flexibility index (Phi) is 6.39. The molecule has 1 N–H and O–H groups in total. The van der Waals surface area contributed by atoms with Gasteiger partial charge in [-0.1, -0.05) is 43.0 Å². The first-order valence-corrected chi connectivity index (χ1v) is 10.4. The standard InChI is InChI=1S/C22H24F2N2O2S/c1-4-16(11-12-27)22(19-8-6-5-7-14(19)2)26(15(3)28)25-21(29-22)18-13-17(23)9-10-20(18)24/h5-10,13,16,27H,4,11-12H2,1-3H3. The lowest BCUT2D eigenvalue weighted by Gasteiger charge is -2.42. The zero-order chi connectivity index (χ0) is 21.2. The van der Waals surface area contributed by atoms with Crippen LogP contribution < -0.4 is 0 Å². The monoisotopic (exact) mass is 418 g/mol. The topological polar surface area (TPSA) is 52.9 Å². The summed E-state index contributed by atoms with van der Waals surface area (Å²) in [5, 5.41) is 15.8. The van der Waals surface area contributed by atoms with E-state index in [2.05, 4.69) is 5.10 Å². The van der Waals surface area contributed by atoms with Crippen molar-refractivity contribution in [2.45, 2.75) is 38.5 Å². The van der Waals surface area contributed by atoms with Gasteiger partial charge in [0.25, 0.3) is 0 Å². The van der Waals surface area contributed by atoms with Crippen molar-refractivity contribution in [2.75, 3.05) is 6.61 Å². The van der Waals surface area contributed by atoms with Crippen LogP contribution in [0.4, 0.5) is 8.78 Å². The first kappa shape index (κ1) is 21.5. The maximum Gasteiger partial charge on any atom is 0.241 e. The molecule has 2 aromatic rings. The minimum atomic E-state index is -0.956. The quantitative estimate of drug-likeness (QED) is 0.734. The Morgan fingerprint density at radius 3 is 2.62 bits per heavy atom. The number of amides is 1. The van der Waals surface area contributed by atoms with Gasteiger partial charge in [0.2, 0.25) is 5.91 Å². The summed E-state index contributed by atoms with van der Waals surface area (Å²) in [4.78, 5) is 11.7. The van der Waals surface area contributed by atoms with Crippen molar-refractivity contribution in [1.82, 2.24) is 5.01 Å². The number of aliphatic hydroxyl groups excluding tert-OH is 1. The number of aliphatic hydroxyl groups is 1. The molecule has 0 aromatic heterocycles. The van der Waals surface area contributed by atoms with Gasteiger partial charge < -0.3 is 5.11 Å². The Morgan fingerprint density at radius 1 is 1.28 bits per heavy atom. The van der Waals surface area contributed by atoms with Crippen LogP contribution in [0.25, 0.3) is 0 Å². The molecule has 2 unspecified atom stereocenters. The lowest BCUT2D eigenvalue weighted by molar-refractivity contribution is -0.134. The van der Waals surface area contributed by atoms with E-state index in [1.807, 2.05) is 38.1 Å². The molecule has 154 valence electrons. The third-order valence-electron chi connectivity index (χ3n) is 5.27. The number of hydrogen-bond acceptors (Lipinski definition) is 4. The molecule has 0 aliphatic carbocycles. The van der Waals surface area contributed by atoms with Crippen molar-refractivity contribution >= 4 is 22.7 Å². The van der Waals surface area contributed by atoms with E-state index < -0.39 is 16.5 Å². The van der Waals surface area contributed by atoms with E-state index in [9.17, 15) is 18.7 Å². The molecule has 7 heteroatoms. The zero-order valence-electron chi connectivity index (χ0n) is 16.7. The van der Waals surface area contributed by atoms with Gasteiger partial charge in [-0.05, 0) is 49.1 Å². The molecule has 29 heavy (non-hydrogen) atoms. The highest BCUT2D eigenvalue weighted by atomic mass is 32.2. The van der Waals surface area contributed by atoms with Gasteiger partial charge in [-0.25, -0.2) is 13.8 Å². The lowest BCUT2D eigenvalue weighted by Crippen LogP contribution is -2.46. The van der Waals surface area contributed by atoms with Gasteiger partial charge in [0.15, 0.2) is 0 Å². The van der Waals surface area contributed by atoms with E-state index in [0.717, 1.165) is 29.3 Å². The molecule has 1 heterocycles. The minimum absolute atomic E-state index is 0.0237. The summed E-state index contributed by atoms with van der Waals surface area (Å²) in [5.41, 5.74) is 1.85. The smallest absolute Gasteiger partial charge is 0.241 e. The van der Waals surface area contributed by atoms with Gasteiger partial charge in [0, 0.05) is 25.0 Å². The first-order chi connectivity index (χ1) is 13.8. The number of nitrogens with zero attached hydrogens (tertiary/aromatic N) is 2. The van der Waals surface area contributed by atoms with Crippen LogP contribution in [-0.4, -0.2) is 27.7 Å².